The molecular weight excluding hydrogens is 407 g/mol. The zero-order chi connectivity index (χ0) is 22.4. The largest absolute Gasteiger partial charge is 0.457 e. The van der Waals surface area contributed by atoms with Crippen molar-refractivity contribution in [3.63, 3.8) is 0 Å². The number of aromatic nitrogens is 1. The molecule has 3 aromatic rings. The van der Waals surface area contributed by atoms with Crippen LogP contribution in [-0.4, -0.2) is 17.4 Å². The van der Waals surface area contributed by atoms with E-state index in [1.165, 1.54) is 18.2 Å². The maximum Gasteiger partial charge on any atom is 0.416 e. The van der Waals surface area contributed by atoms with Crippen LogP contribution in [0.2, 0.25) is 0 Å². The van der Waals surface area contributed by atoms with E-state index in [4.69, 9.17) is 10.5 Å². The van der Waals surface area contributed by atoms with E-state index in [1.807, 2.05) is 6.92 Å². The van der Waals surface area contributed by atoms with Gasteiger partial charge in [-0.25, -0.2) is 4.98 Å². The Balaban J connectivity index is 1.80. The Morgan fingerprint density at radius 1 is 1.06 bits per heavy atom. The smallest absolute Gasteiger partial charge is 0.416 e. The number of carbonyl (C=O) groups is 1. The quantitative estimate of drug-likeness (QED) is 0.485. The highest BCUT2D eigenvalue weighted by Crippen LogP contribution is 2.35. The van der Waals surface area contributed by atoms with Crippen LogP contribution in [0.15, 0.2) is 60.7 Å². The number of rotatable bonds is 8. The van der Waals surface area contributed by atoms with Crippen LogP contribution < -0.4 is 15.8 Å². The van der Waals surface area contributed by atoms with Gasteiger partial charge < -0.3 is 15.8 Å². The fourth-order valence-corrected chi connectivity index (χ4v) is 3.02. The molecule has 2 aromatic carbocycles. The number of primary amides is 1. The second kappa shape index (κ2) is 9.61. The van der Waals surface area contributed by atoms with Gasteiger partial charge in [-0.3, -0.25) is 4.79 Å². The predicted molar refractivity (Wildman–Crippen MR) is 112 cm³/mol. The predicted octanol–water partition coefficient (Wildman–Crippen LogP) is 5.16. The van der Waals surface area contributed by atoms with E-state index in [0.717, 1.165) is 18.1 Å². The molecule has 0 aliphatic carbocycles. The number of ether oxygens (including phenoxy) is 1. The van der Waals surface area contributed by atoms with Gasteiger partial charge in [0.15, 0.2) is 0 Å². The zero-order valence-electron chi connectivity index (χ0n) is 16.9. The molecule has 0 unspecified atom stereocenters. The van der Waals surface area contributed by atoms with E-state index >= 15 is 0 Å². The molecule has 0 fully saturated rings. The second-order valence-electron chi connectivity index (χ2n) is 6.89. The first-order valence-corrected chi connectivity index (χ1v) is 9.74. The van der Waals surface area contributed by atoms with Gasteiger partial charge in [0.2, 0.25) is 0 Å². The summed E-state index contributed by atoms with van der Waals surface area (Å²) in [6.45, 7) is 2.66. The van der Waals surface area contributed by atoms with Crippen LogP contribution in [0.5, 0.6) is 11.5 Å². The van der Waals surface area contributed by atoms with Crippen molar-refractivity contribution in [2.45, 2.75) is 26.1 Å². The number of carbonyl (C=O) groups excluding carboxylic acids is 1. The van der Waals surface area contributed by atoms with Gasteiger partial charge in [0.05, 0.1) is 11.3 Å². The topological polar surface area (TPSA) is 77.2 Å². The molecule has 3 rings (SSSR count). The molecule has 0 aliphatic heterocycles. The number of nitrogens with two attached hydrogens (primary N) is 1. The van der Waals surface area contributed by atoms with Crippen LogP contribution in [-0.2, 0) is 12.7 Å². The van der Waals surface area contributed by atoms with Crippen LogP contribution >= 0.6 is 0 Å². The Bertz CT molecular complexity index is 1050. The molecule has 5 nitrogen and oxygen atoms in total. The minimum absolute atomic E-state index is 0.0979. The minimum atomic E-state index is -4.43. The first-order valence-electron chi connectivity index (χ1n) is 9.74. The summed E-state index contributed by atoms with van der Waals surface area (Å²) < 4.78 is 45.6. The summed E-state index contributed by atoms with van der Waals surface area (Å²) >= 11 is 0. The van der Waals surface area contributed by atoms with Crippen molar-refractivity contribution in [2.24, 2.45) is 5.73 Å². The van der Waals surface area contributed by atoms with Gasteiger partial charge in [-0.05, 0) is 73.1 Å². The minimum Gasteiger partial charge on any atom is -0.457 e. The Kier molecular flexibility index (Phi) is 6.91. The molecule has 1 heterocycles. The summed E-state index contributed by atoms with van der Waals surface area (Å²) in [7, 11) is 0. The third kappa shape index (κ3) is 5.82. The van der Waals surface area contributed by atoms with Gasteiger partial charge in [0.1, 0.15) is 17.2 Å². The Morgan fingerprint density at radius 2 is 1.77 bits per heavy atom. The lowest BCUT2D eigenvalue weighted by atomic mass is 10.1. The van der Waals surface area contributed by atoms with E-state index < -0.39 is 17.6 Å². The molecule has 8 heteroatoms. The summed E-state index contributed by atoms with van der Waals surface area (Å²) in [4.78, 5) is 15.5. The van der Waals surface area contributed by atoms with Crippen molar-refractivity contribution in [3.8, 4) is 22.8 Å². The number of pyridine rings is 1. The maximum absolute atomic E-state index is 13.3. The Morgan fingerprint density at radius 3 is 2.42 bits per heavy atom. The monoisotopic (exact) mass is 429 g/mol. The van der Waals surface area contributed by atoms with Gasteiger partial charge in [0.25, 0.3) is 5.91 Å². The van der Waals surface area contributed by atoms with Crippen LogP contribution in [0.1, 0.15) is 35.0 Å². The zero-order valence-corrected chi connectivity index (χ0v) is 16.9. The number of hydrogen-bond donors (Lipinski definition) is 2. The number of halogens is 3. The fourth-order valence-electron chi connectivity index (χ4n) is 3.02. The second-order valence-corrected chi connectivity index (χ2v) is 6.89. The molecule has 0 saturated heterocycles. The number of nitrogens with one attached hydrogen (secondary N) is 1. The molecule has 0 spiro atoms. The Hall–Kier alpha value is -3.39. The third-order valence-electron chi connectivity index (χ3n) is 4.51. The average Bonchev–Trinajstić information content (AvgIpc) is 2.74. The first-order chi connectivity index (χ1) is 14.8. The van der Waals surface area contributed by atoms with Gasteiger partial charge in [-0.2, -0.15) is 13.2 Å². The molecule has 31 heavy (non-hydrogen) atoms. The summed E-state index contributed by atoms with van der Waals surface area (Å²) in [5.41, 5.74) is 6.18. The molecule has 3 N–H and O–H groups in total. The number of hydrogen-bond acceptors (Lipinski definition) is 4. The summed E-state index contributed by atoms with van der Waals surface area (Å²) in [6, 6.07) is 15.5. The highest BCUT2D eigenvalue weighted by molar-refractivity contribution is 5.91. The number of amides is 1. The van der Waals surface area contributed by atoms with Crippen molar-refractivity contribution in [3.05, 3.63) is 77.5 Å². The molecule has 0 saturated carbocycles. The van der Waals surface area contributed by atoms with E-state index in [9.17, 15) is 18.0 Å². The maximum atomic E-state index is 13.3. The summed E-state index contributed by atoms with van der Waals surface area (Å²) in [6.07, 6.45) is -3.61. The standard InChI is InChI=1S/C23H22F3N3O2/c1-2-12-28-14-16-13-18(10-11-19(16)23(24,25)26)31-17-8-6-15(7-9-17)20-4-3-5-21(29-20)22(27)30/h3-11,13,28H,2,12,14H2,1H3,(H2,27,30). The molecule has 1 aromatic heterocycles. The van der Waals surface area contributed by atoms with Crippen molar-refractivity contribution in [1.29, 1.82) is 0 Å². The molecule has 0 aliphatic rings. The van der Waals surface area contributed by atoms with Crippen LogP contribution in [0.4, 0.5) is 13.2 Å². The average molecular weight is 429 g/mol. The van der Waals surface area contributed by atoms with E-state index in [2.05, 4.69) is 10.3 Å². The van der Waals surface area contributed by atoms with Crippen LogP contribution in [0, 0.1) is 0 Å². The van der Waals surface area contributed by atoms with E-state index in [1.54, 1.807) is 36.4 Å². The number of nitrogens with zero attached hydrogens (tertiary/aromatic N) is 1. The first kappa shape index (κ1) is 22.3. The number of benzene rings is 2. The molecule has 0 atom stereocenters. The van der Waals surface area contributed by atoms with Crippen LogP contribution in [0.3, 0.4) is 0 Å². The molecular formula is C23H22F3N3O2. The molecule has 162 valence electrons. The van der Waals surface area contributed by atoms with Crippen LogP contribution in [0.25, 0.3) is 11.3 Å². The highest BCUT2D eigenvalue weighted by Gasteiger charge is 2.33. The van der Waals surface area contributed by atoms with Crippen molar-refractivity contribution in [1.82, 2.24) is 10.3 Å². The summed E-state index contributed by atoms with van der Waals surface area (Å²) in [5, 5.41) is 3.00. The van der Waals surface area contributed by atoms with Gasteiger partial charge in [-0.15, -0.1) is 0 Å². The van der Waals surface area contributed by atoms with E-state index in [0.29, 0.717) is 23.7 Å². The lowest BCUT2D eigenvalue weighted by Crippen LogP contribution is -2.18. The molecule has 1 amide bonds. The van der Waals surface area contributed by atoms with Crippen molar-refractivity contribution in [2.75, 3.05) is 6.54 Å². The molecule has 0 radical (unpaired) electrons. The highest BCUT2D eigenvalue weighted by atomic mass is 19.4. The summed E-state index contributed by atoms with van der Waals surface area (Å²) in [5.74, 6) is 0.151. The lowest BCUT2D eigenvalue weighted by Gasteiger charge is -2.15. The number of alkyl halides is 3. The molecule has 0 bridgehead atoms. The van der Waals surface area contributed by atoms with Gasteiger partial charge >= 0.3 is 6.18 Å². The van der Waals surface area contributed by atoms with Crippen molar-refractivity contribution >= 4 is 5.91 Å². The van der Waals surface area contributed by atoms with Gasteiger partial charge in [-0.1, -0.05) is 13.0 Å². The SMILES string of the molecule is CCCNCc1cc(Oc2ccc(-c3cccc(C(N)=O)n3)cc2)ccc1C(F)(F)F. The van der Waals surface area contributed by atoms with Crippen molar-refractivity contribution < 1.29 is 22.7 Å². The fraction of sp³-hybridized carbons (Fsp3) is 0.217. The van der Waals surface area contributed by atoms with Gasteiger partial charge in [0, 0.05) is 12.1 Å². The lowest BCUT2D eigenvalue weighted by molar-refractivity contribution is -0.138. The Labute approximate surface area is 178 Å². The normalized spacial score (nSPS) is 11.4. The third-order valence-corrected chi connectivity index (χ3v) is 4.51. The van der Waals surface area contributed by atoms with E-state index in [-0.39, 0.29) is 17.8 Å².